The Hall–Kier alpha value is -3.61. The molecule has 28 heavy (non-hydrogen) atoms. The van der Waals surface area contributed by atoms with Crippen LogP contribution in [0.25, 0.3) is 22.1 Å². The summed E-state index contributed by atoms with van der Waals surface area (Å²) in [4.78, 5) is 36.9. The number of esters is 2. The second kappa shape index (κ2) is 7.96. The first-order valence-electron chi connectivity index (χ1n) is 8.56. The minimum atomic E-state index is -0.778. The normalized spacial score (nSPS) is 10.5. The largest absolute Gasteiger partial charge is 0.496 e. The molecule has 144 valence electrons. The molecule has 0 bridgehead atoms. The number of carbonyl (C=O) groups is 2. The number of fused-ring (bicyclic) bond motifs is 1. The molecule has 0 atom stereocenters. The van der Waals surface area contributed by atoms with Crippen LogP contribution in [0.2, 0.25) is 0 Å². The van der Waals surface area contributed by atoms with E-state index < -0.39 is 17.4 Å². The number of methoxy groups -OCH3 is 1. The van der Waals surface area contributed by atoms with Gasteiger partial charge >= 0.3 is 11.9 Å². The van der Waals surface area contributed by atoms with Crippen LogP contribution in [0.5, 0.6) is 11.5 Å². The molecule has 0 aliphatic carbocycles. The monoisotopic (exact) mass is 382 g/mol. The summed E-state index contributed by atoms with van der Waals surface area (Å²) in [6, 6.07) is 11.2. The molecule has 7 nitrogen and oxygen atoms in total. The third-order valence-corrected chi connectivity index (χ3v) is 3.96. The maximum absolute atomic E-state index is 13.2. The van der Waals surface area contributed by atoms with Crippen LogP contribution in [0.4, 0.5) is 0 Å². The van der Waals surface area contributed by atoms with E-state index in [1.54, 1.807) is 31.2 Å². The molecule has 0 aliphatic rings. The number of benzene rings is 2. The number of hydrogen-bond acceptors (Lipinski definition) is 7. The van der Waals surface area contributed by atoms with Crippen LogP contribution in [0, 0.1) is 0 Å². The van der Waals surface area contributed by atoms with Gasteiger partial charge in [-0.15, -0.1) is 0 Å². The first-order valence-corrected chi connectivity index (χ1v) is 8.56. The Morgan fingerprint density at radius 1 is 1.11 bits per heavy atom. The molecule has 1 heterocycles. The predicted octanol–water partition coefficient (Wildman–Crippen LogP) is 3.57. The second-order valence-electron chi connectivity index (χ2n) is 5.81. The van der Waals surface area contributed by atoms with Crippen LogP contribution in [0.1, 0.15) is 24.4 Å². The van der Waals surface area contributed by atoms with Crippen molar-refractivity contribution in [1.29, 1.82) is 0 Å². The van der Waals surface area contributed by atoms with Gasteiger partial charge in [-0.25, -0.2) is 4.79 Å². The molecule has 3 rings (SSSR count). The van der Waals surface area contributed by atoms with Crippen molar-refractivity contribution < 1.29 is 28.2 Å². The summed E-state index contributed by atoms with van der Waals surface area (Å²) in [7, 11) is 1.47. The minimum absolute atomic E-state index is 0.0450. The SMILES string of the molecule is CCOC(=O)c1oc2cc(OC(C)=O)ccc2c(=O)c1-c1ccccc1OC. The van der Waals surface area contributed by atoms with Gasteiger partial charge in [0.25, 0.3) is 0 Å². The maximum atomic E-state index is 13.2. The third kappa shape index (κ3) is 3.59. The smallest absolute Gasteiger partial charge is 0.375 e. The van der Waals surface area contributed by atoms with Crippen LogP contribution < -0.4 is 14.9 Å². The molecule has 7 heteroatoms. The highest BCUT2D eigenvalue weighted by Crippen LogP contribution is 2.33. The molecule has 0 radical (unpaired) electrons. The molecule has 0 fully saturated rings. The van der Waals surface area contributed by atoms with Crippen molar-refractivity contribution in [2.45, 2.75) is 13.8 Å². The Balaban J connectivity index is 2.33. The van der Waals surface area contributed by atoms with E-state index in [1.165, 1.54) is 32.2 Å². The van der Waals surface area contributed by atoms with Gasteiger partial charge in [-0.1, -0.05) is 18.2 Å². The molecule has 2 aromatic carbocycles. The van der Waals surface area contributed by atoms with Gasteiger partial charge in [0, 0.05) is 18.6 Å². The summed E-state index contributed by atoms with van der Waals surface area (Å²) in [6.07, 6.45) is 0. The van der Waals surface area contributed by atoms with Gasteiger partial charge in [-0.05, 0) is 25.1 Å². The average molecular weight is 382 g/mol. The zero-order valence-corrected chi connectivity index (χ0v) is 15.6. The van der Waals surface area contributed by atoms with Gasteiger partial charge < -0.3 is 18.6 Å². The lowest BCUT2D eigenvalue weighted by atomic mass is 10.0. The molecule has 0 spiro atoms. The Labute approximate surface area is 160 Å². The van der Waals surface area contributed by atoms with Crippen LogP contribution >= 0.6 is 0 Å². The van der Waals surface area contributed by atoms with Crippen molar-refractivity contribution >= 4 is 22.9 Å². The van der Waals surface area contributed by atoms with Crippen molar-refractivity contribution in [2.75, 3.05) is 13.7 Å². The lowest BCUT2D eigenvalue weighted by molar-refractivity contribution is -0.131. The fraction of sp³-hybridized carbons (Fsp3) is 0.190. The van der Waals surface area contributed by atoms with Crippen LogP contribution in [0.15, 0.2) is 51.7 Å². The summed E-state index contributed by atoms with van der Waals surface area (Å²) < 4.78 is 21.2. The molecule has 1 aromatic heterocycles. The Morgan fingerprint density at radius 3 is 2.54 bits per heavy atom. The van der Waals surface area contributed by atoms with Gasteiger partial charge in [-0.2, -0.15) is 0 Å². The molecule has 0 aliphatic heterocycles. The topological polar surface area (TPSA) is 92.0 Å². The van der Waals surface area contributed by atoms with Gasteiger partial charge in [0.1, 0.15) is 17.1 Å². The number of carbonyl (C=O) groups excluding carboxylic acids is 2. The van der Waals surface area contributed by atoms with E-state index in [1.807, 2.05) is 0 Å². The van der Waals surface area contributed by atoms with Gasteiger partial charge in [0.15, 0.2) is 0 Å². The third-order valence-electron chi connectivity index (χ3n) is 3.96. The van der Waals surface area contributed by atoms with Gasteiger partial charge in [-0.3, -0.25) is 9.59 Å². The van der Waals surface area contributed by atoms with Gasteiger partial charge in [0.2, 0.25) is 11.2 Å². The number of ether oxygens (including phenoxy) is 3. The lowest BCUT2D eigenvalue weighted by Gasteiger charge is -2.12. The highest BCUT2D eigenvalue weighted by atomic mass is 16.5. The predicted molar refractivity (Wildman–Crippen MR) is 102 cm³/mol. The highest BCUT2D eigenvalue weighted by molar-refractivity contribution is 5.98. The molecule has 3 aromatic rings. The Morgan fingerprint density at radius 2 is 1.86 bits per heavy atom. The standard InChI is InChI=1S/C21H18O7/c1-4-26-21(24)20-18(14-7-5-6-8-16(14)25-3)19(23)15-10-9-13(27-12(2)22)11-17(15)28-20/h5-11H,4H2,1-3H3. The van der Waals surface area contributed by atoms with E-state index in [-0.39, 0.29) is 34.6 Å². The zero-order valence-electron chi connectivity index (χ0n) is 15.6. The van der Waals surface area contributed by atoms with Gasteiger partial charge in [0.05, 0.1) is 24.7 Å². The molecular weight excluding hydrogens is 364 g/mol. The number of hydrogen-bond donors (Lipinski definition) is 0. The van der Waals surface area contributed by atoms with E-state index in [2.05, 4.69) is 0 Å². The number of para-hydroxylation sites is 1. The van der Waals surface area contributed by atoms with Crippen molar-refractivity contribution in [3.05, 3.63) is 58.4 Å². The van der Waals surface area contributed by atoms with E-state index in [0.29, 0.717) is 11.3 Å². The van der Waals surface area contributed by atoms with E-state index >= 15 is 0 Å². The molecule has 0 amide bonds. The molecule has 0 saturated heterocycles. The van der Waals surface area contributed by atoms with Crippen molar-refractivity contribution in [3.63, 3.8) is 0 Å². The fourth-order valence-corrected chi connectivity index (χ4v) is 2.84. The highest BCUT2D eigenvalue weighted by Gasteiger charge is 2.25. The summed E-state index contributed by atoms with van der Waals surface area (Å²) in [5, 5.41) is 0.227. The van der Waals surface area contributed by atoms with Crippen LogP contribution in [-0.4, -0.2) is 25.7 Å². The molecule has 0 unspecified atom stereocenters. The van der Waals surface area contributed by atoms with E-state index in [4.69, 9.17) is 18.6 Å². The molecular formula is C21H18O7. The van der Waals surface area contributed by atoms with E-state index in [0.717, 1.165) is 0 Å². The number of rotatable bonds is 5. The van der Waals surface area contributed by atoms with Crippen molar-refractivity contribution in [1.82, 2.24) is 0 Å². The van der Waals surface area contributed by atoms with Crippen molar-refractivity contribution in [2.24, 2.45) is 0 Å². The fourth-order valence-electron chi connectivity index (χ4n) is 2.84. The Bertz CT molecular complexity index is 1110. The summed E-state index contributed by atoms with van der Waals surface area (Å²) in [6.45, 7) is 3.02. The summed E-state index contributed by atoms with van der Waals surface area (Å²) >= 11 is 0. The summed E-state index contributed by atoms with van der Waals surface area (Å²) in [5.41, 5.74) is 0.130. The van der Waals surface area contributed by atoms with Crippen LogP contribution in [0.3, 0.4) is 0 Å². The molecule has 0 saturated carbocycles. The molecule has 0 N–H and O–H groups in total. The Kier molecular flexibility index (Phi) is 5.44. The summed E-state index contributed by atoms with van der Waals surface area (Å²) in [5.74, 6) is -0.929. The average Bonchev–Trinajstić information content (AvgIpc) is 2.67. The lowest BCUT2D eigenvalue weighted by Crippen LogP contribution is -2.15. The van der Waals surface area contributed by atoms with Crippen molar-refractivity contribution in [3.8, 4) is 22.6 Å². The minimum Gasteiger partial charge on any atom is -0.496 e. The van der Waals surface area contributed by atoms with E-state index in [9.17, 15) is 14.4 Å². The second-order valence-corrected chi connectivity index (χ2v) is 5.81. The van der Waals surface area contributed by atoms with Crippen LogP contribution in [-0.2, 0) is 9.53 Å². The first kappa shape index (κ1) is 19.2. The zero-order chi connectivity index (χ0) is 20.3. The quantitative estimate of drug-likeness (QED) is 0.492. The maximum Gasteiger partial charge on any atom is 0.375 e. The first-order chi connectivity index (χ1) is 13.5.